The number of hydrogen-bond donors (Lipinski definition) is 1. The van der Waals surface area contributed by atoms with Crippen molar-refractivity contribution in [3.63, 3.8) is 0 Å². The summed E-state index contributed by atoms with van der Waals surface area (Å²) in [6, 6.07) is 15.3. The average Bonchev–Trinajstić information content (AvgIpc) is 3.17. The molecule has 0 spiro atoms. The van der Waals surface area contributed by atoms with Crippen molar-refractivity contribution in [1.82, 2.24) is 14.2 Å². The minimum Gasteiger partial charge on any atom is -0.497 e. The van der Waals surface area contributed by atoms with Gasteiger partial charge in [0.1, 0.15) is 11.3 Å². The van der Waals surface area contributed by atoms with Crippen molar-refractivity contribution >= 4 is 5.52 Å². The predicted octanol–water partition coefficient (Wildman–Crippen LogP) is 3.52. The largest absolute Gasteiger partial charge is 0.497 e. The summed E-state index contributed by atoms with van der Waals surface area (Å²) < 4.78 is 8.29. The van der Waals surface area contributed by atoms with Crippen molar-refractivity contribution in [1.29, 1.82) is 0 Å². The zero-order chi connectivity index (χ0) is 20.5. The molecule has 2 aromatic heterocycles. The third-order valence-electron chi connectivity index (χ3n) is 5.15. The molecule has 0 bridgehead atoms. The number of aliphatic hydroxyl groups is 1. The predicted molar refractivity (Wildman–Crippen MR) is 112 cm³/mol. The van der Waals surface area contributed by atoms with E-state index in [1.165, 1.54) is 4.57 Å². The Labute approximate surface area is 168 Å². The van der Waals surface area contributed by atoms with Crippen LogP contribution < -0.4 is 10.3 Å². The standard InChI is InChI=1S/C23H23N3O3/c1-15-4-5-16(2)19(12-15)22(27)14-25-10-11-26-21(23(25)28)13-20(24-26)17-6-8-18(29-3)9-7-17/h4-13,22,27H,14H2,1-3H3/t22-/m0/s1. The van der Waals surface area contributed by atoms with Crippen molar-refractivity contribution in [2.45, 2.75) is 26.5 Å². The van der Waals surface area contributed by atoms with E-state index >= 15 is 0 Å². The van der Waals surface area contributed by atoms with Crippen LogP contribution in [0.2, 0.25) is 0 Å². The van der Waals surface area contributed by atoms with Gasteiger partial charge in [-0.05, 0) is 55.3 Å². The first-order chi connectivity index (χ1) is 14.0. The highest BCUT2D eigenvalue weighted by Crippen LogP contribution is 2.23. The highest BCUT2D eigenvalue weighted by molar-refractivity contribution is 5.66. The fourth-order valence-corrected chi connectivity index (χ4v) is 3.48. The van der Waals surface area contributed by atoms with Gasteiger partial charge in [0.15, 0.2) is 0 Å². The molecular formula is C23H23N3O3. The van der Waals surface area contributed by atoms with Crippen LogP contribution in [0.25, 0.3) is 16.8 Å². The number of aliphatic hydroxyl groups excluding tert-OH is 1. The summed E-state index contributed by atoms with van der Waals surface area (Å²) in [4.78, 5) is 13.0. The molecular weight excluding hydrogens is 366 g/mol. The number of hydrogen-bond acceptors (Lipinski definition) is 4. The van der Waals surface area contributed by atoms with Gasteiger partial charge in [0.25, 0.3) is 5.56 Å². The molecule has 0 unspecified atom stereocenters. The summed E-state index contributed by atoms with van der Waals surface area (Å²) in [7, 11) is 1.62. The summed E-state index contributed by atoms with van der Waals surface area (Å²) in [5.41, 5.74) is 4.80. The lowest BCUT2D eigenvalue weighted by Crippen LogP contribution is -2.24. The van der Waals surface area contributed by atoms with Crippen molar-refractivity contribution in [2.75, 3.05) is 7.11 Å². The monoisotopic (exact) mass is 389 g/mol. The molecule has 0 aliphatic heterocycles. The van der Waals surface area contributed by atoms with Crippen LogP contribution in [0.1, 0.15) is 22.8 Å². The van der Waals surface area contributed by atoms with Gasteiger partial charge in [0.2, 0.25) is 0 Å². The molecule has 148 valence electrons. The minimum atomic E-state index is -0.765. The van der Waals surface area contributed by atoms with Crippen LogP contribution in [0, 0.1) is 13.8 Å². The van der Waals surface area contributed by atoms with Gasteiger partial charge in [-0.2, -0.15) is 5.10 Å². The van der Waals surface area contributed by atoms with Gasteiger partial charge in [-0.15, -0.1) is 0 Å². The summed E-state index contributed by atoms with van der Waals surface area (Å²) in [6.07, 6.45) is 2.63. The summed E-state index contributed by atoms with van der Waals surface area (Å²) in [5, 5.41) is 15.2. The minimum absolute atomic E-state index is 0.183. The molecule has 0 aliphatic rings. The lowest BCUT2D eigenvalue weighted by Gasteiger charge is -2.16. The fraction of sp³-hybridized carbons (Fsp3) is 0.217. The maximum atomic E-state index is 13.0. The summed E-state index contributed by atoms with van der Waals surface area (Å²) >= 11 is 0. The van der Waals surface area contributed by atoms with E-state index in [2.05, 4.69) is 5.10 Å². The SMILES string of the molecule is COc1ccc(-c2cc3c(=O)n(C[C@H](O)c4cc(C)ccc4C)ccn3n2)cc1. The molecule has 0 fully saturated rings. The average molecular weight is 389 g/mol. The van der Waals surface area contributed by atoms with Gasteiger partial charge < -0.3 is 14.4 Å². The number of methoxy groups -OCH3 is 1. The van der Waals surface area contributed by atoms with E-state index in [9.17, 15) is 9.90 Å². The first kappa shape index (κ1) is 19.0. The third kappa shape index (κ3) is 3.67. The smallest absolute Gasteiger partial charge is 0.276 e. The van der Waals surface area contributed by atoms with Crippen LogP contribution in [-0.4, -0.2) is 26.4 Å². The second kappa shape index (κ2) is 7.56. The zero-order valence-corrected chi connectivity index (χ0v) is 16.7. The molecule has 6 nitrogen and oxygen atoms in total. The molecule has 0 saturated heterocycles. The Balaban J connectivity index is 1.67. The van der Waals surface area contributed by atoms with E-state index < -0.39 is 6.10 Å². The molecule has 6 heteroatoms. The Bertz CT molecular complexity index is 1220. The Hall–Kier alpha value is -3.38. The highest BCUT2D eigenvalue weighted by Gasteiger charge is 2.15. The zero-order valence-electron chi connectivity index (χ0n) is 16.7. The van der Waals surface area contributed by atoms with Crippen molar-refractivity contribution in [2.24, 2.45) is 0 Å². The normalized spacial score (nSPS) is 12.3. The third-order valence-corrected chi connectivity index (χ3v) is 5.15. The number of aryl methyl sites for hydroxylation is 2. The second-order valence-electron chi connectivity index (χ2n) is 7.22. The van der Waals surface area contributed by atoms with Gasteiger partial charge in [0, 0.05) is 18.0 Å². The number of fused-ring (bicyclic) bond motifs is 1. The van der Waals surface area contributed by atoms with Crippen LogP contribution in [0.15, 0.2) is 65.7 Å². The van der Waals surface area contributed by atoms with E-state index in [4.69, 9.17) is 4.74 Å². The lowest BCUT2D eigenvalue weighted by atomic mass is 10.0. The number of ether oxygens (including phenoxy) is 1. The molecule has 2 heterocycles. The van der Waals surface area contributed by atoms with E-state index in [-0.39, 0.29) is 12.1 Å². The number of benzene rings is 2. The fourth-order valence-electron chi connectivity index (χ4n) is 3.48. The first-order valence-electron chi connectivity index (χ1n) is 9.45. The van der Waals surface area contributed by atoms with Crippen molar-refractivity contribution < 1.29 is 9.84 Å². The Kier molecular flexibility index (Phi) is 4.94. The van der Waals surface area contributed by atoms with Gasteiger partial charge in [-0.1, -0.05) is 23.8 Å². The molecule has 0 saturated carbocycles. The van der Waals surface area contributed by atoms with Crippen LogP contribution in [0.5, 0.6) is 5.75 Å². The number of aromatic nitrogens is 3. The van der Waals surface area contributed by atoms with Gasteiger partial charge in [-0.3, -0.25) is 4.79 Å². The van der Waals surface area contributed by atoms with Crippen molar-refractivity contribution in [3.8, 4) is 17.0 Å². The molecule has 4 rings (SSSR count). The van der Waals surface area contributed by atoms with Gasteiger partial charge in [-0.25, -0.2) is 4.52 Å². The molecule has 2 aromatic carbocycles. The maximum absolute atomic E-state index is 13.0. The van der Waals surface area contributed by atoms with E-state index in [1.807, 2.05) is 56.3 Å². The maximum Gasteiger partial charge on any atom is 0.276 e. The number of rotatable bonds is 5. The topological polar surface area (TPSA) is 68.8 Å². The lowest BCUT2D eigenvalue weighted by molar-refractivity contribution is 0.154. The Morgan fingerprint density at radius 1 is 1.07 bits per heavy atom. The van der Waals surface area contributed by atoms with Gasteiger partial charge >= 0.3 is 0 Å². The van der Waals surface area contributed by atoms with Crippen LogP contribution >= 0.6 is 0 Å². The van der Waals surface area contributed by atoms with Crippen LogP contribution in [0.3, 0.4) is 0 Å². The molecule has 4 aromatic rings. The molecule has 0 radical (unpaired) electrons. The van der Waals surface area contributed by atoms with E-state index in [1.54, 1.807) is 30.1 Å². The Morgan fingerprint density at radius 2 is 1.83 bits per heavy atom. The quantitative estimate of drug-likeness (QED) is 0.567. The van der Waals surface area contributed by atoms with Crippen LogP contribution in [-0.2, 0) is 6.54 Å². The number of nitrogens with zero attached hydrogens (tertiary/aromatic N) is 3. The van der Waals surface area contributed by atoms with Crippen LogP contribution in [0.4, 0.5) is 0 Å². The molecule has 0 amide bonds. The Morgan fingerprint density at radius 3 is 2.55 bits per heavy atom. The van der Waals surface area contributed by atoms with Gasteiger partial charge in [0.05, 0.1) is 25.5 Å². The summed E-state index contributed by atoms with van der Waals surface area (Å²) in [5.74, 6) is 0.764. The van der Waals surface area contributed by atoms with E-state index in [0.717, 1.165) is 28.0 Å². The highest BCUT2D eigenvalue weighted by atomic mass is 16.5. The molecule has 29 heavy (non-hydrogen) atoms. The van der Waals surface area contributed by atoms with E-state index in [0.29, 0.717) is 11.2 Å². The summed E-state index contributed by atoms with van der Waals surface area (Å²) in [6.45, 7) is 4.13. The van der Waals surface area contributed by atoms with Crippen molar-refractivity contribution in [3.05, 3.63) is 88.0 Å². The molecule has 0 aliphatic carbocycles. The molecule has 1 atom stereocenters. The first-order valence-corrected chi connectivity index (χ1v) is 9.45. The molecule has 1 N–H and O–H groups in total. The second-order valence-corrected chi connectivity index (χ2v) is 7.22.